The van der Waals surface area contributed by atoms with Crippen LogP contribution in [0.2, 0.25) is 5.02 Å². The Balaban J connectivity index is 2.62. The number of aryl methyl sites for hydroxylation is 1. The quantitative estimate of drug-likeness (QED) is 0.778. The van der Waals surface area contributed by atoms with Crippen LogP contribution < -0.4 is 0 Å². The Labute approximate surface area is 102 Å². The Hall–Kier alpha value is -0.790. The van der Waals surface area contributed by atoms with Crippen LogP contribution in [0.3, 0.4) is 0 Å². The fourth-order valence-electron chi connectivity index (χ4n) is 2.60. The van der Waals surface area contributed by atoms with Crippen molar-refractivity contribution in [3.8, 4) is 0 Å². The summed E-state index contributed by atoms with van der Waals surface area (Å²) in [5.41, 5.74) is 2.51. The number of hydrogen-bond acceptors (Lipinski definition) is 1. The Bertz CT molecular complexity index is 439. The molecule has 0 heterocycles. The lowest BCUT2D eigenvalue weighted by Crippen LogP contribution is -2.30. The summed E-state index contributed by atoms with van der Waals surface area (Å²) in [5.74, 6) is 0.0213. The van der Waals surface area contributed by atoms with E-state index in [0.717, 1.165) is 18.4 Å². The van der Waals surface area contributed by atoms with Gasteiger partial charge < -0.3 is 5.11 Å². The van der Waals surface area contributed by atoms with Gasteiger partial charge in [0, 0.05) is 16.5 Å². The van der Waals surface area contributed by atoms with Crippen molar-refractivity contribution in [1.82, 2.24) is 0 Å². The Morgan fingerprint density at radius 1 is 1.56 bits per heavy atom. The van der Waals surface area contributed by atoms with Crippen LogP contribution in [0.4, 0.5) is 0 Å². The molecule has 0 amide bonds. The third kappa shape index (κ3) is 1.50. The van der Waals surface area contributed by atoms with Crippen LogP contribution in [0.25, 0.3) is 0 Å². The first-order chi connectivity index (χ1) is 7.50. The minimum absolute atomic E-state index is 0.0213. The maximum absolute atomic E-state index is 10.8. The van der Waals surface area contributed by atoms with E-state index in [1.165, 1.54) is 11.1 Å². The molecule has 1 aromatic carbocycles. The Morgan fingerprint density at radius 2 is 2.25 bits per heavy atom. The highest BCUT2D eigenvalue weighted by atomic mass is 35.5. The van der Waals surface area contributed by atoms with Gasteiger partial charge in [-0.2, -0.15) is 0 Å². The number of hydrogen-bond donors (Lipinski definition) is 1. The van der Waals surface area contributed by atoms with Crippen molar-refractivity contribution in [1.29, 1.82) is 0 Å². The molecular weight excluding hydrogens is 220 g/mol. The van der Waals surface area contributed by atoms with Gasteiger partial charge in [0.1, 0.15) is 0 Å². The van der Waals surface area contributed by atoms with Gasteiger partial charge in [-0.3, -0.25) is 0 Å². The summed E-state index contributed by atoms with van der Waals surface area (Å²) in [6.07, 6.45) is 3.43. The van der Waals surface area contributed by atoms with Crippen LogP contribution in [-0.2, 0) is 12.0 Å². The van der Waals surface area contributed by atoms with Crippen molar-refractivity contribution in [2.24, 2.45) is 5.92 Å². The van der Waals surface area contributed by atoms with Crippen LogP contribution in [0.1, 0.15) is 30.0 Å². The monoisotopic (exact) mass is 236 g/mol. The van der Waals surface area contributed by atoms with Crippen LogP contribution in [0.15, 0.2) is 24.8 Å². The van der Waals surface area contributed by atoms with Crippen LogP contribution in [0.5, 0.6) is 0 Å². The number of fused-ring (bicyclic) bond motifs is 1. The molecule has 0 fully saturated rings. The molecule has 0 saturated heterocycles. The van der Waals surface area contributed by atoms with Gasteiger partial charge in [-0.1, -0.05) is 30.7 Å². The second-order valence-electron chi connectivity index (χ2n) is 4.67. The van der Waals surface area contributed by atoms with Gasteiger partial charge in [-0.25, -0.2) is 0 Å². The molecule has 2 atom stereocenters. The normalized spacial score (nSPS) is 25.2. The molecule has 16 heavy (non-hydrogen) atoms. The molecule has 0 radical (unpaired) electrons. The molecule has 0 aromatic heterocycles. The molecule has 0 spiro atoms. The Morgan fingerprint density at radius 3 is 2.88 bits per heavy atom. The zero-order valence-electron chi connectivity index (χ0n) is 9.76. The number of rotatable bonds is 2. The summed E-state index contributed by atoms with van der Waals surface area (Å²) in [7, 11) is 0. The first-order valence-corrected chi connectivity index (χ1v) is 6.02. The van der Waals surface area contributed by atoms with Gasteiger partial charge in [0.15, 0.2) is 0 Å². The van der Waals surface area contributed by atoms with Gasteiger partial charge in [-0.15, -0.1) is 6.58 Å². The van der Waals surface area contributed by atoms with E-state index in [-0.39, 0.29) is 5.92 Å². The molecule has 2 heteroatoms. The van der Waals surface area contributed by atoms with E-state index < -0.39 is 5.60 Å². The molecule has 1 N–H and O–H groups in total. The molecule has 86 valence electrons. The van der Waals surface area contributed by atoms with E-state index in [0.29, 0.717) is 5.02 Å². The first-order valence-electron chi connectivity index (χ1n) is 5.64. The van der Waals surface area contributed by atoms with E-state index in [1.54, 1.807) is 6.08 Å². The molecule has 0 bridgehead atoms. The van der Waals surface area contributed by atoms with Crippen LogP contribution >= 0.6 is 11.6 Å². The highest BCUT2D eigenvalue weighted by Crippen LogP contribution is 2.46. The van der Waals surface area contributed by atoms with E-state index in [2.05, 4.69) is 13.5 Å². The van der Waals surface area contributed by atoms with E-state index in [9.17, 15) is 5.11 Å². The SMILES string of the molecule is C=CC(C)C1(O)CCc2c(C)ccc(Cl)c21. The van der Waals surface area contributed by atoms with Gasteiger partial charge in [0.2, 0.25) is 0 Å². The van der Waals surface area contributed by atoms with Crippen LogP contribution in [0, 0.1) is 12.8 Å². The van der Waals surface area contributed by atoms with Gasteiger partial charge >= 0.3 is 0 Å². The zero-order chi connectivity index (χ0) is 11.9. The number of aliphatic hydroxyl groups is 1. The van der Waals surface area contributed by atoms with Gasteiger partial charge in [0.05, 0.1) is 5.60 Å². The molecule has 1 aliphatic carbocycles. The minimum Gasteiger partial charge on any atom is -0.384 e. The summed E-state index contributed by atoms with van der Waals surface area (Å²) in [4.78, 5) is 0. The lowest BCUT2D eigenvalue weighted by atomic mass is 9.83. The summed E-state index contributed by atoms with van der Waals surface area (Å²) in [6.45, 7) is 7.83. The fraction of sp³-hybridized carbons (Fsp3) is 0.429. The van der Waals surface area contributed by atoms with Crippen molar-refractivity contribution in [2.45, 2.75) is 32.3 Å². The maximum atomic E-state index is 10.8. The number of halogens is 1. The highest BCUT2D eigenvalue weighted by molar-refractivity contribution is 6.31. The molecule has 1 aromatic rings. The van der Waals surface area contributed by atoms with Crippen molar-refractivity contribution in [2.75, 3.05) is 0 Å². The van der Waals surface area contributed by atoms with Crippen molar-refractivity contribution < 1.29 is 5.11 Å². The second-order valence-corrected chi connectivity index (χ2v) is 5.07. The van der Waals surface area contributed by atoms with E-state index in [4.69, 9.17) is 11.6 Å². The number of benzene rings is 1. The van der Waals surface area contributed by atoms with E-state index >= 15 is 0 Å². The molecule has 2 unspecified atom stereocenters. The second kappa shape index (κ2) is 3.90. The lowest BCUT2D eigenvalue weighted by Gasteiger charge is -2.30. The standard InChI is InChI=1S/C14H17ClO/c1-4-10(3)14(16)8-7-11-9(2)5-6-12(15)13(11)14/h4-6,10,16H,1,7-8H2,2-3H3. The minimum atomic E-state index is -0.833. The third-order valence-corrected chi connectivity index (χ3v) is 4.11. The molecule has 0 saturated carbocycles. The van der Waals surface area contributed by atoms with Crippen molar-refractivity contribution in [3.63, 3.8) is 0 Å². The highest BCUT2D eigenvalue weighted by Gasteiger charge is 2.42. The summed E-state index contributed by atoms with van der Waals surface area (Å²) in [6, 6.07) is 3.90. The predicted octanol–water partition coefficient (Wildman–Crippen LogP) is 3.60. The van der Waals surface area contributed by atoms with Gasteiger partial charge in [-0.05, 0) is 37.0 Å². The average Bonchev–Trinajstić information content (AvgIpc) is 2.63. The smallest absolute Gasteiger partial charge is 0.0976 e. The maximum Gasteiger partial charge on any atom is 0.0976 e. The summed E-state index contributed by atoms with van der Waals surface area (Å²) >= 11 is 6.23. The molecule has 2 rings (SSSR count). The average molecular weight is 237 g/mol. The molecule has 0 aliphatic heterocycles. The summed E-state index contributed by atoms with van der Waals surface area (Å²) < 4.78 is 0. The zero-order valence-corrected chi connectivity index (χ0v) is 10.5. The van der Waals surface area contributed by atoms with Gasteiger partial charge in [0.25, 0.3) is 0 Å². The largest absolute Gasteiger partial charge is 0.384 e. The van der Waals surface area contributed by atoms with E-state index in [1.807, 2.05) is 19.1 Å². The van der Waals surface area contributed by atoms with Crippen molar-refractivity contribution >= 4 is 11.6 Å². The molecule has 1 nitrogen and oxygen atoms in total. The first kappa shape index (κ1) is 11.7. The van der Waals surface area contributed by atoms with Crippen LogP contribution in [-0.4, -0.2) is 5.11 Å². The third-order valence-electron chi connectivity index (χ3n) is 3.79. The molecular formula is C14H17ClO. The van der Waals surface area contributed by atoms with Crippen molar-refractivity contribution in [3.05, 3.63) is 46.5 Å². The lowest BCUT2D eigenvalue weighted by molar-refractivity contribution is 0.00294. The fourth-order valence-corrected chi connectivity index (χ4v) is 2.95. The molecule has 1 aliphatic rings. The Kier molecular flexibility index (Phi) is 2.85. The predicted molar refractivity (Wildman–Crippen MR) is 67.8 cm³/mol. The summed E-state index contributed by atoms with van der Waals surface area (Å²) in [5, 5.41) is 11.4. The topological polar surface area (TPSA) is 20.2 Å².